The Kier molecular flexibility index (Phi) is 4.16. The van der Waals surface area contributed by atoms with E-state index in [4.69, 9.17) is 4.42 Å². The van der Waals surface area contributed by atoms with Gasteiger partial charge in [0.2, 0.25) is 5.89 Å². The van der Waals surface area contributed by atoms with Gasteiger partial charge in [-0.3, -0.25) is 0 Å². The molecule has 0 atom stereocenters. The number of methoxy groups -OCH3 is 1. The van der Waals surface area contributed by atoms with Crippen molar-refractivity contribution in [1.29, 1.82) is 0 Å². The molecule has 19 heavy (non-hydrogen) atoms. The summed E-state index contributed by atoms with van der Waals surface area (Å²) in [6.45, 7) is 4.21. The molecule has 2 aromatic heterocycles. The summed E-state index contributed by atoms with van der Waals surface area (Å²) < 4.78 is 10.2. The summed E-state index contributed by atoms with van der Waals surface area (Å²) >= 11 is 1.26. The van der Waals surface area contributed by atoms with Gasteiger partial charge in [0.15, 0.2) is 5.13 Å². The zero-order chi connectivity index (χ0) is 13.8. The lowest BCUT2D eigenvalue weighted by atomic mass is 10.4. The highest BCUT2D eigenvalue weighted by molar-refractivity contribution is 7.17. The van der Waals surface area contributed by atoms with Crippen molar-refractivity contribution in [2.45, 2.75) is 26.8 Å². The molecule has 0 aliphatic heterocycles. The van der Waals surface area contributed by atoms with Crippen LogP contribution in [0.3, 0.4) is 0 Å². The number of aryl methyl sites for hydroxylation is 2. The Morgan fingerprint density at radius 1 is 1.58 bits per heavy atom. The third-order valence-corrected chi connectivity index (χ3v) is 3.60. The topological polar surface area (TPSA) is 77.2 Å². The van der Waals surface area contributed by atoms with Crippen molar-refractivity contribution in [2.75, 3.05) is 12.4 Å². The number of carbonyl (C=O) groups is 1. The highest BCUT2D eigenvalue weighted by Gasteiger charge is 2.15. The second kappa shape index (κ2) is 5.83. The zero-order valence-corrected chi connectivity index (χ0v) is 11.8. The molecule has 0 aliphatic rings. The molecule has 7 heteroatoms. The molecular weight excluding hydrogens is 266 g/mol. The molecule has 0 fully saturated rings. The fourth-order valence-electron chi connectivity index (χ4n) is 1.50. The van der Waals surface area contributed by atoms with Crippen LogP contribution >= 0.6 is 11.3 Å². The van der Waals surface area contributed by atoms with Crippen molar-refractivity contribution in [3.8, 4) is 0 Å². The second-order valence-electron chi connectivity index (χ2n) is 3.85. The smallest absolute Gasteiger partial charge is 0.350 e. The van der Waals surface area contributed by atoms with Gasteiger partial charge in [-0.15, -0.1) is 0 Å². The molecule has 0 radical (unpaired) electrons. The lowest BCUT2D eigenvalue weighted by Gasteiger charge is -1.97. The average Bonchev–Trinajstić information content (AvgIpc) is 3.01. The van der Waals surface area contributed by atoms with Crippen LogP contribution in [0.4, 0.5) is 5.13 Å². The highest BCUT2D eigenvalue weighted by atomic mass is 32.1. The van der Waals surface area contributed by atoms with Crippen LogP contribution in [-0.4, -0.2) is 23.0 Å². The van der Waals surface area contributed by atoms with Crippen molar-refractivity contribution in [2.24, 2.45) is 0 Å². The largest absolute Gasteiger partial charge is 0.465 e. The Hall–Kier alpha value is -1.89. The van der Waals surface area contributed by atoms with Crippen LogP contribution in [0.5, 0.6) is 0 Å². The number of thiazole rings is 1. The molecule has 0 unspecified atom stereocenters. The standard InChI is InChI=1S/C12H15N3O3S/c1-4-8-5-13-9(18-8)6-14-12-15-7(2)10(19-12)11(16)17-3/h5H,4,6H2,1-3H3,(H,14,15). The molecule has 0 aromatic carbocycles. The van der Waals surface area contributed by atoms with E-state index < -0.39 is 0 Å². The molecule has 1 N–H and O–H groups in total. The molecule has 2 aromatic rings. The Labute approximate surface area is 114 Å². The number of aromatic nitrogens is 2. The number of nitrogens with one attached hydrogen (secondary N) is 1. The molecule has 0 saturated carbocycles. The second-order valence-corrected chi connectivity index (χ2v) is 4.85. The molecule has 0 spiro atoms. The molecule has 6 nitrogen and oxygen atoms in total. The SMILES string of the molecule is CCc1cnc(CNc2nc(C)c(C(=O)OC)s2)o1. The first-order valence-corrected chi connectivity index (χ1v) is 6.68. The molecule has 0 amide bonds. The van der Waals surface area contributed by atoms with Crippen LogP contribution in [0.25, 0.3) is 0 Å². The number of esters is 1. The normalized spacial score (nSPS) is 10.5. The van der Waals surface area contributed by atoms with Gasteiger partial charge in [0.05, 0.1) is 25.5 Å². The van der Waals surface area contributed by atoms with Crippen LogP contribution in [0.1, 0.15) is 33.9 Å². The van der Waals surface area contributed by atoms with Gasteiger partial charge < -0.3 is 14.5 Å². The van der Waals surface area contributed by atoms with Crippen LogP contribution < -0.4 is 5.32 Å². The van der Waals surface area contributed by atoms with Gasteiger partial charge >= 0.3 is 5.97 Å². The first-order valence-electron chi connectivity index (χ1n) is 5.87. The Morgan fingerprint density at radius 3 is 3.00 bits per heavy atom. The van der Waals surface area contributed by atoms with E-state index in [1.54, 1.807) is 13.1 Å². The van der Waals surface area contributed by atoms with Gasteiger partial charge in [-0.2, -0.15) is 0 Å². The summed E-state index contributed by atoms with van der Waals surface area (Å²) in [5, 5.41) is 3.73. The number of hydrogen-bond acceptors (Lipinski definition) is 7. The number of carbonyl (C=O) groups excluding carboxylic acids is 1. The Balaban J connectivity index is 2.01. The van der Waals surface area contributed by atoms with Crippen LogP contribution in [-0.2, 0) is 17.7 Å². The van der Waals surface area contributed by atoms with Crippen molar-refractivity contribution >= 4 is 22.4 Å². The molecule has 0 bridgehead atoms. The van der Waals surface area contributed by atoms with E-state index in [-0.39, 0.29) is 5.97 Å². The summed E-state index contributed by atoms with van der Waals surface area (Å²) in [5.74, 6) is 1.08. The summed E-state index contributed by atoms with van der Waals surface area (Å²) in [4.78, 5) is 20.4. The minimum Gasteiger partial charge on any atom is -0.465 e. The van der Waals surface area contributed by atoms with E-state index in [2.05, 4.69) is 20.0 Å². The van der Waals surface area contributed by atoms with Gasteiger partial charge in [-0.05, 0) is 6.92 Å². The van der Waals surface area contributed by atoms with E-state index in [9.17, 15) is 4.79 Å². The molecule has 102 valence electrons. The number of anilines is 1. The summed E-state index contributed by atoms with van der Waals surface area (Å²) in [5.41, 5.74) is 0.654. The Bertz CT molecular complexity index is 577. The van der Waals surface area contributed by atoms with E-state index in [1.807, 2.05) is 6.92 Å². The number of nitrogens with zero attached hydrogens (tertiary/aromatic N) is 2. The van der Waals surface area contributed by atoms with Crippen molar-refractivity contribution < 1.29 is 13.9 Å². The summed E-state index contributed by atoms with van der Waals surface area (Å²) in [6, 6.07) is 0. The van der Waals surface area contributed by atoms with Gasteiger partial charge in [0, 0.05) is 6.42 Å². The maximum atomic E-state index is 11.5. The first-order chi connectivity index (χ1) is 9.13. The summed E-state index contributed by atoms with van der Waals surface area (Å²) in [6.07, 6.45) is 2.53. The zero-order valence-electron chi connectivity index (χ0n) is 11.0. The predicted octanol–water partition coefficient (Wildman–Crippen LogP) is 2.40. The molecule has 2 heterocycles. The maximum absolute atomic E-state index is 11.5. The van der Waals surface area contributed by atoms with Crippen molar-refractivity contribution in [3.63, 3.8) is 0 Å². The minimum absolute atomic E-state index is 0.368. The molecule has 2 rings (SSSR count). The van der Waals surface area contributed by atoms with Gasteiger partial charge in [0.25, 0.3) is 0 Å². The van der Waals surface area contributed by atoms with Gasteiger partial charge in [-0.25, -0.2) is 14.8 Å². The van der Waals surface area contributed by atoms with E-state index in [1.165, 1.54) is 18.4 Å². The monoisotopic (exact) mass is 281 g/mol. The van der Waals surface area contributed by atoms with Crippen LogP contribution in [0.2, 0.25) is 0 Å². The van der Waals surface area contributed by atoms with Gasteiger partial charge in [0.1, 0.15) is 10.6 Å². The average molecular weight is 281 g/mol. The molecule has 0 aliphatic carbocycles. The number of ether oxygens (including phenoxy) is 1. The number of oxazole rings is 1. The predicted molar refractivity (Wildman–Crippen MR) is 71.4 cm³/mol. The van der Waals surface area contributed by atoms with Crippen molar-refractivity contribution in [1.82, 2.24) is 9.97 Å². The Morgan fingerprint density at radius 2 is 2.37 bits per heavy atom. The quantitative estimate of drug-likeness (QED) is 0.848. The highest BCUT2D eigenvalue weighted by Crippen LogP contribution is 2.23. The fourth-order valence-corrected chi connectivity index (χ4v) is 2.38. The van der Waals surface area contributed by atoms with Crippen molar-refractivity contribution in [3.05, 3.63) is 28.4 Å². The van der Waals surface area contributed by atoms with Crippen LogP contribution in [0.15, 0.2) is 10.6 Å². The molecular formula is C12H15N3O3S. The minimum atomic E-state index is -0.368. The van der Waals surface area contributed by atoms with Gasteiger partial charge in [-0.1, -0.05) is 18.3 Å². The number of hydrogen-bond donors (Lipinski definition) is 1. The van der Waals surface area contributed by atoms with E-state index in [0.29, 0.717) is 28.1 Å². The van der Waals surface area contributed by atoms with E-state index in [0.717, 1.165) is 12.2 Å². The molecule has 0 saturated heterocycles. The summed E-state index contributed by atoms with van der Waals surface area (Å²) in [7, 11) is 1.35. The van der Waals surface area contributed by atoms with E-state index >= 15 is 0 Å². The third-order valence-electron chi connectivity index (χ3n) is 2.51. The number of rotatable bonds is 5. The first kappa shape index (κ1) is 13.5. The fraction of sp³-hybridized carbons (Fsp3) is 0.417. The lowest BCUT2D eigenvalue weighted by molar-refractivity contribution is 0.0605. The lowest BCUT2D eigenvalue weighted by Crippen LogP contribution is -1.99. The third kappa shape index (κ3) is 3.11. The maximum Gasteiger partial charge on any atom is 0.350 e. The van der Waals surface area contributed by atoms with Crippen LogP contribution in [0, 0.1) is 6.92 Å².